The van der Waals surface area contributed by atoms with E-state index in [1.54, 1.807) is 4.90 Å². The summed E-state index contributed by atoms with van der Waals surface area (Å²) in [4.78, 5) is 14.1. The smallest absolute Gasteiger partial charge is 0.233 e. The lowest BCUT2D eigenvalue weighted by molar-refractivity contribution is -0.135. The van der Waals surface area contributed by atoms with Crippen LogP contribution in [0.3, 0.4) is 0 Å². The third kappa shape index (κ3) is 3.37. The predicted octanol–water partition coefficient (Wildman–Crippen LogP) is 1.80. The highest BCUT2D eigenvalue weighted by Crippen LogP contribution is 2.27. The van der Waals surface area contributed by atoms with Gasteiger partial charge in [-0.15, -0.1) is 0 Å². The van der Waals surface area contributed by atoms with E-state index in [2.05, 4.69) is 12.1 Å². The van der Waals surface area contributed by atoms with Gasteiger partial charge < -0.3 is 15.8 Å². The third-order valence-corrected chi connectivity index (χ3v) is 4.06. The highest BCUT2D eigenvalue weighted by Gasteiger charge is 2.30. The quantitative estimate of drug-likeness (QED) is 0.348. The molecule has 1 atom stereocenters. The highest BCUT2D eigenvalue weighted by molar-refractivity contribution is 6.02. The van der Waals surface area contributed by atoms with Crippen LogP contribution in [-0.4, -0.2) is 34.9 Å². The van der Waals surface area contributed by atoms with Crippen LogP contribution in [0.15, 0.2) is 5.16 Å². The molecule has 0 spiro atoms. The molecule has 0 heterocycles. The number of nitrogens with two attached hydrogens (primary N) is 1. The number of carbonyl (C=O) groups is 1. The van der Waals surface area contributed by atoms with Gasteiger partial charge in [0.1, 0.15) is 0 Å². The second-order valence-corrected chi connectivity index (χ2v) is 5.35. The van der Waals surface area contributed by atoms with Crippen molar-refractivity contribution in [1.29, 1.82) is 0 Å². The van der Waals surface area contributed by atoms with Crippen molar-refractivity contribution >= 4 is 11.7 Å². The Balaban J connectivity index is 2.65. The number of oxime groups is 1. The summed E-state index contributed by atoms with van der Waals surface area (Å²) >= 11 is 0. The Kier molecular flexibility index (Phi) is 5.44. The first kappa shape index (κ1) is 14.8. The summed E-state index contributed by atoms with van der Waals surface area (Å²) in [5.74, 6) is 0.237. The van der Waals surface area contributed by atoms with Crippen LogP contribution < -0.4 is 5.73 Å². The molecule has 104 valence electrons. The second kappa shape index (κ2) is 6.61. The summed E-state index contributed by atoms with van der Waals surface area (Å²) in [6, 6.07) is 0.300. The van der Waals surface area contributed by atoms with E-state index in [0.29, 0.717) is 12.5 Å². The number of rotatable bonds is 4. The molecule has 5 heteroatoms. The Morgan fingerprint density at radius 2 is 2.00 bits per heavy atom. The van der Waals surface area contributed by atoms with E-state index in [1.807, 2.05) is 14.0 Å². The number of nitrogens with zero attached hydrogens (tertiary/aromatic N) is 2. The van der Waals surface area contributed by atoms with Crippen molar-refractivity contribution < 1.29 is 10.0 Å². The molecule has 1 saturated carbocycles. The Morgan fingerprint density at radius 3 is 2.44 bits per heavy atom. The molecule has 0 saturated heterocycles. The second-order valence-electron chi connectivity index (χ2n) is 5.35. The van der Waals surface area contributed by atoms with Crippen molar-refractivity contribution in [3.8, 4) is 0 Å². The first-order chi connectivity index (χ1) is 8.51. The molecular formula is C13H25N3O2. The van der Waals surface area contributed by atoms with Crippen LogP contribution in [0.1, 0.15) is 46.0 Å². The molecule has 0 aliphatic heterocycles. The molecule has 1 fully saturated rings. The van der Waals surface area contributed by atoms with E-state index in [1.165, 1.54) is 12.8 Å². The summed E-state index contributed by atoms with van der Waals surface area (Å²) in [5.41, 5.74) is 5.57. The summed E-state index contributed by atoms with van der Waals surface area (Å²) in [7, 11) is 1.83. The lowest BCUT2D eigenvalue weighted by Crippen LogP contribution is -2.45. The minimum absolute atomic E-state index is 0.0125. The largest absolute Gasteiger partial charge is 0.409 e. The van der Waals surface area contributed by atoms with Gasteiger partial charge in [-0.3, -0.25) is 4.79 Å². The highest BCUT2D eigenvalue weighted by atomic mass is 16.4. The van der Waals surface area contributed by atoms with Gasteiger partial charge in [-0.25, -0.2) is 0 Å². The molecule has 1 aliphatic carbocycles. The maximum absolute atomic E-state index is 12.3. The summed E-state index contributed by atoms with van der Waals surface area (Å²) < 4.78 is 0. The van der Waals surface area contributed by atoms with Crippen molar-refractivity contribution in [1.82, 2.24) is 4.90 Å². The molecule has 1 unspecified atom stereocenters. The van der Waals surface area contributed by atoms with Crippen LogP contribution >= 0.6 is 0 Å². The van der Waals surface area contributed by atoms with Gasteiger partial charge in [0.05, 0.1) is 5.92 Å². The van der Waals surface area contributed by atoms with Crippen LogP contribution in [0.2, 0.25) is 0 Å². The first-order valence-electron chi connectivity index (χ1n) is 6.75. The van der Waals surface area contributed by atoms with Gasteiger partial charge in [0.25, 0.3) is 0 Å². The number of hydrogen-bond acceptors (Lipinski definition) is 3. The van der Waals surface area contributed by atoms with Gasteiger partial charge in [0.2, 0.25) is 5.91 Å². The normalized spacial score (nSPS) is 26.7. The number of amidine groups is 1. The van der Waals surface area contributed by atoms with E-state index < -0.39 is 5.92 Å². The fourth-order valence-corrected chi connectivity index (χ4v) is 2.64. The van der Waals surface area contributed by atoms with Crippen LogP contribution in [-0.2, 0) is 4.79 Å². The minimum Gasteiger partial charge on any atom is -0.409 e. The topological polar surface area (TPSA) is 78.9 Å². The molecule has 3 N–H and O–H groups in total. The summed E-state index contributed by atoms with van der Waals surface area (Å²) in [5, 5.41) is 11.7. The van der Waals surface area contributed by atoms with Crippen molar-refractivity contribution in [2.24, 2.45) is 22.7 Å². The minimum atomic E-state index is -0.501. The molecule has 0 aromatic rings. The maximum atomic E-state index is 12.3. The van der Waals surface area contributed by atoms with Crippen LogP contribution in [0.5, 0.6) is 0 Å². The van der Waals surface area contributed by atoms with Gasteiger partial charge in [-0.2, -0.15) is 0 Å². The number of carbonyl (C=O) groups excluding carboxylic acids is 1. The van der Waals surface area contributed by atoms with Gasteiger partial charge in [-0.05, 0) is 38.0 Å². The van der Waals surface area contributed by atoms with Crippen molar-refractivity contribution in [3.63, 3.8) is 0 Å². The maximum Gasteiger partial charge on any atom is 0.233 e. The molecule has 0 aromatic carbocycles. The number of hydrogen-bond donors (Lipinski definition) is 2. The molecule has 0 bridgehead atoms. The SMILES string of the molecule is CCC(C(=O)N(C)C1CCC(C)CC1)C(N)=NO. The average molecular weight is 255 g/mol. The monoisotopic (exact) mass is 255 g/mol. The first-order valence-corrected chi connectivity index (χ1v) is 6.75. The van der Waals surface area contributed by atoms with Crippen LogP contribution in [0, 0.1) is 11.8 Å². The van der Waals surface area contributed by atoms with Gasteiger partial charge in [0, 0.05) is 13.1 Å². The molecule has 1 amide bonds. The zero-order valence-corrected chi connectivity index (χ0v) is 11.6. The van der Waals surface area contributed by atoms with Crippen molar-refractivity contribution in [2.45, 2.75) is 52.0 Å². The van der Waals surface area contributed by atoms with Crippen LogP contribution in [0.4, 0.5) is 0 Å². The summed E-state index contributed by atoms with van der Waals surface area (Å²) in [6.07, 6.45) is 5.00. The molecule has 5 nitrogen and oxygen atoms in total. The molecule has 0 aromatic heterocycles. The van der Waals surface area contributed by atoms with E-state index in [4.69, 9.17) is 10.9 Å². The molecule has 1 rings (SSSR count). The summed E-state index contributed by atoms with van der Waals surface area (Å²) in [6.45, 7) is 4.13. The lowest BCUT2D eigenvalue weighted by Gasteiger charge is -2.35. The van der Waals surface area contributed by atoms with Gasteiger partial charge in [-0.1, -0.05) is 19.0 Å². The van der Waals surface area contributed by atoms with Crippen molar-refractivity contribution in [2.75, 3.05) is 7.05 Å². The van der Waals surface area contributed by atoms with Gasteiger partial charge >= 0.3 is 0 Å². The molecule has 18 heavy (non-hydrogen) atoms. The van der Waals surface area contributed by atoms with Gasteiger partial charge in [0.15, 0.2) is 5.84 Å². The average Bonchev–Trinajstić information content (AvgIpc) is 2.39. The molecule has 0 radical (unpaired) electrons. The van der Waals surface area contributed by atoms with E-state index >= 15 is 0 Å². The molecular weight excluding hydrogens is 230 g/mol. The van der Waals surface area contributed by atoms with E-state index in [9.17, 15) is 4.79 Å². The van der Waals surface area contributed by atoms with Crippen LogP contribution in [0.25, 0.3) is 0 Å². The Morgan fingerprint density at radius 1 is 1.44 bits per heavy atom. The number of amides is 1. The zero-order chi connectivity index (χ0) is 13.7. The lowest BCUT2D eigenvalue weighted by atomic mass is 9.86. The standard InChI is InChI=1S/C13H25N3O2/c1-4-11(12(14)15-18)13(17)16(3)10-7-5-9(2)6-8-10/h9-11,18H,4-8H2,1-3H3,(H2,14,15). The van der Waals surface area contributed by atoms with E-state index in [0.717, 1.165) is 18.8 Å². The fourth-order valence-electron chi connectivity index (χ4n) is 2.64. The fraction of sp³-hybridized carbons (Fsp3) is 0.846. The zero-order valence-electron chi connectivity index (χ0n) is 11.6. The predicted molar refractivity (Wildman–Crippen MR) is 71.4 cm³/mol. The van der Waals surface area contributed by atoms with E-state index in [-0.39, 0.29) is 11.7 Å². The van der Waals surface area contributed by atoms with Crippen molar-refractivity contribution in [3.05, 3.63) is 0 Å². The Labute approximate surface area is 109 Å². The molecule has 1 aliphatic rings. The Bertz CT molecular complexity index is 309. The third-order valence-electron chi connectivity index (χ3n) is 4.06. The Hall–Kier alpha value is -1.26.